The van der Waals surface area contributed by atoms with E-state index in [1.165, 1.54) is 16.7 Å². The van der Waals surface area contributed by atoms with Crippen molar-refractivity contribution in [1.82, 2.24) is 20.2 Å². The Morgan fingerprint density at radius 2 is 1.92 bits per heavy atom. The van der Waals surface area contributed by atoms with Crippen molar-refractivity contribution in [3.8, 4) is 0 Å². The Hall–Kier alpha value is -3.08. The first kappa shape index (κ1) is 16.4. The first-order valence-corrected chi connectivity index (χ1v) is 8.96. The second kappa shape index (κ2) is 7.44. The van der Waals surface area contributed by atoms with Crippen molar-refractivity contribution >= 4 is 6.03 Å². The Morgan fingerprint density at radius 3 is 2.81 bits per heavy atom. The van der Waals surface area contributed by atoms with Crippen LogP contribution in [0.25, 0.3) is 0 Å². The molecule has 132 valence electrons. The van der Waals surface area contributed by atoms with Gasteiger partial charge in [0.25, 0.3) is 0 Å². The van der Waals surface area contributed by atoms with Gasteiger partial charge in [0.2, 0.25) is 0 Å². The summed E-state index contributed by atoms with van der Waals surface area (Å²) in [4.78, 5) is 16.7. The molecule has 0 radical (unpaired) electrons. The van der Waals surface area contributed by atoms with Crippen LogP contribution in [0.4, 0.5) is 4.79 Å². The number of nitrogens with zero attached hydrogens (tertiary/aromatic N) is 2. The minimum absolute atomic E-state index is 0.0928. The van der Waals surface area contributed by atoms with E-state index < -0.39 is 0 Å². The van der Waals surface area contributed by atoms with E-state index in [-0.39, 0.29) is 12.1 Å². The van der Waals surface area contributed by atoms with Gasteiger partial charge in [-0.2, -0.15) is 0 Å². The minimum Gasteiger partial charge on any atom is -0.331 e. The van der Waals surface area contributed by atoms with Crippen LogP contribution < -0.4 is 10.6 Å². The number of aromatic nitrogens is 2. The standard InChI is InChI=1S/C21H22N4O/c26-21(24-19-11-10-17-8-4-5-9-18(17)19)23-14-20-22-12-13-25(20)15-16-6-2-1-3-7-16/h1-9,12-13,19H,10-11,14-15H2,(H2,23,24,26). The Balaban J connectivity index is 1.34. The van der Waals surface area contributed by atoms with Gasteiger partial charge in [-0.05, 0) is 29.5 Å². The molecule has 5 nitrogen and oxygen atoms in total. The maximum Gasteiger partial charge on any atom is 0.315 e. The van der Waals surface area contributed by atoms with Gasteiger partial charge in [-0.1, -0.05) is 54.6 Å². The summed E-state index contributed by atoms with van der Waals surface area (Å²) in [5, 5.41) is 6.02. The van der Waals surface area contributed by atoms with Gasteiger partial charge in [0.15, 0.2) is 0 Å². The van der Waals surface area contributed by atoms with Crippen LogP contribution in [0, 0.1) is 0 Å². The molecule has 1 aliphatic carbocycles. The molecule has 0 aliphatic heterocycles. The zero-order valence-corrected chi connectivity index (χ0v) is 14.6. The molecule has 1 heterocycles. The van der Waals surface area contributed by atoms with E-state index in [2.05, 4.69) is 44.5 Å². The molecule has 26 heavy (non-hydrogen) atoms. The first-order chi connectivity index (χ1) is 12.8. The number of aryl methyl sites for hydroxylation is 1. The van der Waals surface area contributed by atoms with Crippen LogP contribution in [0.3, 0.4) is 0 Å². The van der Waals surface area contributed by atoms with Crippen LogP contribution in [-0.2, 0) is 19.5 Å². The van der Waals surface area contributed by atoms with E-state index in [1.807, 2.05) is 36.5 Å². The summed E-state index contributed by atoms with van der Waals surface area (Å²) in [6.45, 7) is 1.15. The molecule has 2 N–H and O–H groups in total. The summed E-state index contributed by atoms with van der Waals surface area (Å²) < 4.78 is 2.06. The number of hydrogen-bond donors (Lipinski definition) is 2. The van der Waals surface area contributed by atoms with Gasteiger partial charge in [0, 0.05) is 18.9 Å². The Kier molecular flexibility index (Phi) is 4.69. The van der Waals surface area contributed by atoms with Crippen molar-refractivity contribution in [2.24, 2.45) is 0 Å². The third kappa shape index (κ3) is 3.61. The number of nitrogens with one attached hydrogen (secondary N) is 2. The van der Waals surface area contributed by atoms with Gasteiger partial charge in [-0.25, -0.2) is 9.78 Å². The van der Waals surface area contributed by atoms with Crippen molar-refractivity contribution in [1.29, 1.82) is 0 Å². The fourth-order valence-corrected chi connectivity index (χ4v) is 3.51. The van der Waals surface area contributed by atoms with E-state index in [9.17, 15) is 4.79 Å². The first-order valence-electron chi connectivity index (χ1n) is 8.96. The molecular weight excluding hydrogens is 324 g/mol. The highest BCUT2D eigenvalue weighted by atomic mass is 16.2. The summed E-state index contributed by atoms with van der Waals surface area (Å²) in [5.74, 6) is 0.843. The lowest BCUT2D eigenvalue weighted by Crippen LogP contribution is -2.37. The highest BCUT2D eigenvalue weighted by Gasteiger charge is 2.23. The van der Waals surface area contributed by atoms with E-state index in [4.69, 9.17) is 0 Å². The molecule has 4 rings (SSSR count). The number of carbonyl (C=O) groups is 1. The molecule has 2 amide bonds. The van der Waals surface area contributed by atoms with Crippen LogP contribution in [-0.4, -0.2) is 15.6 Å². The van der Waals surface area contributed by atoms with Crippen LogP contribution in [0.5, 0.6) is 0 Å². The van der Waals surface area contributed by atoms with Gasteiger partial charge in [0.1, 0.15) is 5.82 Å². The molecule has 0 saturated carbocycles. The van der Waals surface area contributed by atoms with Crippen molar-refractivity contribution in [2.45, 2.75) is 32.0 Å². The summed E-state index contributed by atoms with van der Waals surface area (Å²) >= 11 is 0. The lowest BCUT2D eigenvalue weighted by atomic mass is 10.1. The molecule has 1 aromatic heterocycles. The van der Waals surface area contributed by atoms with Crippen LogP contribution in [0.1, 0.15) is 35.0 Å². The smallest absolute Gasteiger partial charge is 0.315 e. The molecule has 0 bridgehead atoms. The average molecular weight is 346 g/mol. The van der Waals surface area contributed by atoms with Gasteiger partial charge < -0.3 is 15.2 Å². The van der Waals surface area contributed by atoms with E-state index in [0.29, 0.717) is 6.54 Å². The van der Waals surface area contributed by atoms with Crippen molar-refractivity contribution in [2.75, 3.05) is 0 Å². The normalized spacial score (nSPS) is 15.5. The van der Waals surface area contributed by atoms with Gasteiger partial charge in [0.05, 0.1) is 12.6 Å². The summed E-state index contributed by atoms with van der Waals surface area (Å²) in [6.07, 6.45) is 5.68. The third-order valence-electron chi connectivity index (χ3n) is 4.84. The van der Waals surface area contributed by atoms with Crippen LogP contribution >= 0.6 is 0 Å². The molecule has 2 aromatic carbocycles. The molecule has 1 aliphatic rings. The lowest BCUT2D eigenvalue weighted by Gasteiger charge is -2.15. The summed E-state index contributed by atoms with van der Waals surface area (Å²) in [5.41, 5.74) is 3.77. The molecule has 0 spiro atoms. The number of carbonyl (C=O) groups excluding carboxylic acids is 1. The number of imidazole rings is 1. The van der Waals surface area contributed by atoms with E-state index >= 15 is 0 Å². The predicted octanol–water partition coefficient (Wildman–Crippen LogP) is 3.42. The van der Waals surface area contributed by atoms with E-state index in [1.54, 1.807) is 6.20 Å². The Bertz CT molecular complexity index is 888. The molecule has 3 aromatic rings. The highest BCUT2D eigenvalue weighted by Crippen LogP contribution is 2.30. The summed E-state index contributed by atoms with van der Waals surface area (Å²) in [6, 6.07) is 18.5. The van der Waals surface area contributed by atoms with E-state index in [0.717, 1.165) is 25.2 Å². The number of urea groups is 1. The second-order valence-corrected chi connectivity index (χ2v) is 6.57. The fourth-order valence-electron chi connectivity index (χ4n) is 3.51. The predicted molar refractivity (Wildman–Crippen MR) is 101 cm³/mol. The molecular formula is C21H22N4O. The molecule has 1 atom stereocenters. The third-order valence-corrected chi connectivity index (χ3v) is 4.84. The molecule has 0 fully saturated rings. The fraction of sp³-hybridized carbons (Fsp3) is 0.238. The van der Waals surface area contributed by atoms with Crippen LogP contribution in [0.15, 0.2) is 67.0 Å². The highest BCUT2D eigenvalue weighted by molar-refractivity contribution is 5.74. The summed E-state index contributed by atoms with van der Waals surface area (Å²) in [7, 11) is 0. The minimum atomic E-state index is -0.152. The zero-order valence-electron chi connectivity index (χ0n) is 14.6. The second-order valence-electron chi connectivity index (χ2n) is 6.57. The monoisotopic (exact) mass is 346 g/mol. The zero-order chi connectivity index (χ0) is 17.8. The van der Waals surface area contributed by atoms with Gasteiger partial charge in [-0.15, -0.1) is 0 Å². The number of hydrogen-bond acceptors (Lipinski definition) is 2. The maximum atomic E-state index is 12.3. The van der Waals surface area contributed by atoms with Crippen molar-refractivity contribution < 1.29 is 4.79 Å². The average Bonchev–Trinajstić information content (AvgIpc) is 3.28. The maximum absolute atomic E-state index is 12.3. The number of rotatable bonds is 5. The van der Waals surface area contributed by atoms with Crippen molar-refractivity contribution in [3.63, 3.8) is 0 Å². The number of amides is 2. The topological polar surface area (TPSA) is 59.0 Å². The SMILES string of the molecule is O=C(NCc1nccn1Cc1ccccc1)NC1CCc2ccccc21. The number of fused-ring (bicyclic) bond motifs is 1. The van der Waals surface area contributed by atoms with Crippen molar-refractivity contribution in [3.05, 3.63) is 89.5 Å². The van der Waals surface area contributed by atoms with Gasteiger partial charge >= 0.3 is 6.03 Å². The lowest BCUT2D eigenvalue weighted by molar-refractivity contribution is 0.236. The molecule has 1 unspecified atom stereocenters. The Morgan fingerprint density at radius 1 is 1.12 bits per heavy atom. The van der Waals surface area contributed by atoms with Gasteiger partial charge in [-0.3, -0.25) is 0 Å². The molecule has 5 heteroatoms. The quantitative estimate of drug-likeness (QED) is 0.744. The number of benzene rings is 2. The van der Waals surface area contributed by atoms with Crippen LogP contribution in [0.2, 0.25) is 0 Å². The Labute approximate surface area is 153 Å². The molecule has 0 saturated heterocycles. The largest absolute Gasteiger partial charge is 0.331 e.